The Morgan fingerprint density at radius 1 is 1.06 bits per heavy atom. The number of hydrogen-bond donors (Lipinski definition) is 1. The second-order valence-electron chi connectivity index (χ2n) is 3.85. The summed E-state index contributed by atoms with van der Waals surface area (Å²) in [6.45, 7) is 2.97. The molecule has 0 fully saturated rings. The maximum Gasteiger partial charge on any atom is 0.0400 e. The van der Waals surface area contributed by atoms with Crippen LogP contribution in [0, 0.1) is 6.92 Å². The normalized spacial score (nSPS) is 10.1. The molecule has 0 saturated heterocycles. The van der Waals surface area contributed by atoms with E-state index in [2.05, 4.69) is 64.6 Å². The molecule has 1 N–H and O–H groups in total. The van der Waals surface area contributed by atoms with Gasteiger partial charge in [0.2, 0.25) is 0 Å². The van der Waals surface area contributed by atoms with Crippen LogP contribution in [-0.2, 0) is 6.54 Å². The van der Waals surface area contributed by atoms with E-state index in [1.54, 1.807) is 0 Å². The summed E-state index contributed by atoms with van der Waals surface area (Å²) in [7, 11) is 0. The summed E-state index contributed by atoms with van der Waals surface area (Å²) in [4.78, 5) is 0. The van der Waals surface area contributed by atoms with E-state index in [9.17, 15) is 0 Å². The molecule has 0 heterocycles. The fourth-order valence-corrected chi connectivity index (χ4v) is 2.02. The average molecular weight is 276 g/mol. The van der Waals surface area contributed by atoms with E-state index in [0.717, 1.165) is 16.7 Å². The van der Waals surface area contributed by atoms with Crippen molar-refractivity contribution in [3.05, 3.63) is 64.1 Å². The fraction of sp³-hybridized carbons (Fsp3) is 0.143. The first-order valence-corrected chi connectivity index (χ1v) is 6.08. The van der Waals surface area contributed by atoms with Crippen molar-refractivity contribution in [1.29, 1.82) is 0 Å². The SMILES string of the molecule is Cc1cccc(CNc2cccc(Br)c2)c1. The Kier molecular flexibility index (Phi) is 3.62. The average Bonchev–Trinajstić information content (AvgIpc) is 2.27. The molecule has 0 aliphatic rings. The van der Waals surface area contributed by atoms with Crippen molar-refractivity contribution in [2.75, 3.05) is 5.32 Å². The largest absolute Gasteiger partial charge is 0.381 e. The van der Waals surface area contributed by atoms with E-state index in [1.165, 1.54) is 11.1 Å². The zero-order chi connectivity index (χ0) is 11.4. The monoisotopic (exact) mass is 275 g/mol. The molecule has 16 heavy (non-hydrogen) atoms. The highest BCUT2D eigenvalue weighted by Gasteiger charge is 1.95. The van der Waals surface area contributed by atoms with Crippen molar-refractivity contribution in [3.8, 4) is 0 Å². The van der Waals surface area contributed by atoms with E-state index >= 15 is 0 Å². The molecule has 2 heteroatoms. The van der Waals surface area contributed by atoms with Gasteiger partial charge in [0.05, 0.1) is 0 Å². The van der Waals surface area contributed by atoms with Crippen molar-refractivity contribution in [3.63, 3.8) is 0 Å². The van der Waals surface area contributed by atoms with Gasteiger partial charge in [-0.05, 0) is 30.7 Å². The number of benzene rings is 2. The Bertz CT molecular complexity index is 434. The molecule has 2 rings (SSSR count). The maximum absolute atomic E-state index is 3.46. The summed E-state index contributed by atoms with van der Waals surface area (Å²) in [5.74, 6) is 0. The summed E-state index contributed by atoms with van der Waals surface area (Å²) in [6.07, 6.45) is 0. The molecule has 0 saturated carbocycles. The molecular weight excluding hydrogens is 262 g/mol. The van der Waals surface area contributed by atoms with Gasteiger partial charge in [-0.2, -0.15) is 0 Å². The van der Waals surface area contributed by atoms with Crippen LogP contribution in [0.1, 0.15) is 11.1 Å². The Balaban J connectivity index is 2.02. The number of hydrogen-bond acceptors (Lipinski definition) is 1. The molecule has 0 spiro atoms. The minimum atomic E-state index is 0.859. The molecule has 0 atom stereocenters. The Morgan fingerprint density at radius 2 is 1.88 bits per heavy atom. The van der Waals surface area contributed by atoms with Gasteiger partial charge in [0.25, 0.3) is 0 Å². The lowest BCUT2D eigenvalue weighted by atomic mass is 10.1. The van der Waals surface area contributed by atoms with Crippen LogP contribution >= 0.6 is 15.9 Å². The molecule has 0 aliphatic heterocycles. The molecule has 2 aromatic carbocycles. The zero-order valence-electron chi connectivity index (χ0n) is 9.20. The lowest BCUT2D eigenvalue weighted by Gasteiger charge is -2.07. The predicted molar refractivity (Wildman–Crippen MR) is 72.6 cm³/mol. The lowest BCUT2D eigenvalue weighted by Crippen LogP contribution is -1.99. The van der Waals surface area contributed by atoms with Crippen LogP contribution in [0.25, 0.3) is 0 Å². The van der Waals surface area contributed by atoms with Crippen LogP contribution in [-0.4, -0.2) is 0 Å². The van der Waals surface area contributed by atoms with Crippen LogP contribution in [0.4, 0.5) is 5.69 Å². The molecule has 1 nitrogen and oxygen atoms in total. The Hall–Kier alpha value is -1.28. The molecule has 0 aliphatic carbocycles. The Labute approximate surface area is 105 Å². The van der Waals surface area contributed by atoms with Crippen LogP contribution in [0.5, 0.6) is 0 Å². The standard InChI is InChI=1S/C14H14BrN/c1-11-4-2-5-12(8-11)10-16-14-7-3-6-13(15)9-14/h2-9,16H,10H2,1H3. The second-order valence-corrected chi connectivity index (χ2v) is 4.77. The molecule has 0 radical (unpaired) electrons. The molecule has 2 aromatic rings. The molecule has 0 aromatic heterocycles. The summed E-state index contributed by atoms with van der Waals surface area (Å²) in [5.41, 5.74) is 3.74. The van der Waals surface area contributed by atoms with Gasteiger partial charge in [-0.1, -0.05) is 51.8 Å². The topological polar surface area (TPSA) is 12.0 Å². The van der Waals surface area contributed by atoms with Crippen molar-refractivity contribution >= 4 is 21.6 Å². The molecule has 0 unspecified atom stereocenters. The minimum absolute atomic E-state index is 0.859. The first-order valence-electron chi connectivity index (χ1n) is 5.29. The van der Waals surface area contributed by atoms with Crippen molar-refractivity contribution in [2.24, 2.45) is 0 Å². The highest BCUT2D eigenvalue weighted by atomic mass is 79.9. The van der Waals surface area contributed by atoms with Crippen molar-refractivity contribution < 1.29 is 0 Å². The quantitative estimate of drug-likeness (QED) is 0.877. The number of halogens is 1. The summed E-state index contributed by atoms with van der Waals surface area (Å²) >= 11 is 3.46. The number of nitrogens with one attached hydrogen (secondary N) is 1. The minimum Gasteiger partial charge on any atom is -0.381 e. The van der Waals surface area contributed by atoms with E-state index in [4.69, 9.17) is 0 Å². The molecule has 0 amide bonds. The highest BCUT2D eigenvalue weighted by Crippen LogP contribution is 2.16. The third-order valence-corrected chi connectivity index (χ3v) is 2.90. The van der Waals surface area contributed by atoms with Gasteiger partial charge < -0.3 is 5.32 Å². The highest BCUT2D eigenvalue weighted by molar-refractivity contribution is 9.10. The number of rotatable bonds is 3. The van der Waals surface area contributed by atoms with Gasteiger partial charge in [-0.15, -0.1) is 0 Å². The maximum atomic E-state index is 3.46. The van der Waals surface area contributed by atoms with Gasteiger partial charge in [0.1, 0.15) is 0 Å². The number of aryl methyl sites for hydroxylation is 1. The van der Waals surface area contributed by atoms with E-state index in [0.29, 0.717) is 0 Å². The third-order valence-electron chi connectivity index (χ3n) is 2.40. The van der Waals surface area contributed by atoms with E-state index < -0.39 is 0 Å². The zero-order valence-corrected chi connectivity index (χ0v) is 10.8. The van der Waals surface area contributed by atoms with Crippen molar-refractivity contribution in [1.82, 2.24) is 0 Å². The lowest BCUT2D eigenvalue weighted by molar-refractivity contribution is 1.14. The van der Waals surface area contributed by atoms with Crippen molar-refractivity contribution in [2.45, 2.75) is 13.5 Å². The molecular formula is C14H14BrN. The van der Waals surface area contributed by atoms with E-state index in [-0.39, 0.29) is 0 Å². The smallest absolute Gasteiger partial charge is 0.0400 e. The summed E-state index contributed by atoms with van der Waals surface area (Å²) in [6, 6.07) is 16.7. The van der Waals surface area contributed by atoms with Gasteiger partial charge in [-0.3, -0.25) is 0 Å². The van der Waals surface area contributed by atoms with Crippen LogP contribution in [0.2, 0.25) is 0 Å². The number of anilines is 1. The predicted octanol–water partition coefficient (Wildman–Crippen LogP) is 4.37. The third kappa shape index (κ3) is 3.11. The van der Waals surface area contributed by atoms with Gasteiger partial charge in [0.15, 0.2) is 0 Å². The first kappa shape index (κ1) is 11.2. The van der Waals surface area contributed by atoms with Crippen LogP contribution in [0.3, 0.4) is 0 Å². The fourth-order valence-electron chi connectivity index (χ4n) is 1.62. The van der Waals surface area contributed by atoms with Crippen LogP contribution in [0.15, 0.2) is 53.0 Å². The Morgan fingerprint density at radius 3 is 2.62 bits per heavy atom. The van der Waals surface area contributed by atoms with E-state index in [1.807, 2.05) is 12.1 Å². The first-order chi connectivity index (χ1) is 7.74. The molecule has 0 bridgehead atoms. The van der Waals surface area contributed by atoms with Gasteiger partial charge >= 0.3 is 0 Å². The van der Waals surface area contributed by atoms with Gasteiger partial charge in [0, 0.05) is 16.7 Å². The van der Waals surface area contributed by atoms with Gasteiger partial charge in [-0.25, -0.2) is 0 Å². The second kappa shape index (κ2) is 5.17. The molecule has 82 valence electrons. The van der Waals surface area contributed by atoms with Crippen LogP contribution < -0.4 is 5.32 Å². The summed E-state index contributed by atoms with van der Waals surface area (Å²) in [5, 5.41) is 3.40. The summed E-state index contributed by atoms with van der Waals surface area (Å²) < 4.78 is 1.10.